The summed E-state index contributed by atoms with van der Waals surface area (Å²) in [6.07, 6.45) is 3.68. The Labute approximate surface area is 160 Å². The number of carbonyl (C=O) groups excluding carboxylic acids is 1. The summed E-state index contributed by atoms with van der Waals surface area (Å²) in [5, 5.41) is 7.71. The van der Waals surface area contributed by atoms with Crippen molar-refractivity contribution in [3.8, 4) is 5.69 Å². The van der Waals surface area contributed by atoms with E-state index in [2.05, 4.69) is 17.3 Å². The predicted octanol–water partition coefficient (Wildman–Crippen LogP) is 3.20. The molecule has 7 heteroatoms. The van der Waals surface area contributed by atoms with Crippen molar-refractivity contribution in [1.29, 1.82) is 0 Å². The average molecular weight is 381 g/mol. The molecule has 0 aliphatic carbocycles. The fraction of sp³-hybridized carbons (Fsp3) is 0.474. The van der Waals surface area contributed by atoms with Crippen LogP contribution >= 0.6 is 12.4 Å². The Morgan fingerprint density at radius 3 is 2.54 bits per heavy atom. The number of halogens is 2. The molecule has 2 heterocycles. The van der Waals surface area contributed by atoms with Gasteiger partial charge in [0.2, 0.25) is 0 Å². The summed E-state index contributed by atoms with van der Waals surface area (Å²) >= 11 is 0. The second kappa shape index (κ2) is 9.14. The minimum Gasteiger partial charge on any atom is -0.339 e. The number of aromatic nitrogens is 2. The van der Waals surface area contributed by atoms with E-state index in [9.17, 15) is 9.18 Å². The first-order valence-corrected chi connectivity index (χ1v) is 8.90. The number of amides is 1. The van der Waals surface area contributed by atoms with Crippen LogP contribution in [0.5, 0.6) is 0 Å². The summed E-state index contributed by atoms with van der Waals surface area (Å²) in [4.78, 5) is 14.8. The van der Waals surface area contributed by atoms with Gasteiger partial charge in [0.05, 0.1) is 23.1 Å². The minimum absolute atomic E-state index is 0. The molecule has 1 aliphatic heterocycles. The van der Waals surface area contributed by atoms with Gasteiger partial charge in [0, 0.05) is 13.1 Å². The van der Waals surface area contributed by atoms with Gasteiger partial charge in [-0.15, -0.1) is 12.4 Å². The van der Waals surface area contributed by atoms with Crippen LogP contribution in [0.1, 0.15) is 35.8 Å². The molecule has 5 nitrogen and oxygen atoms in total. The molecule has 0 bridgehead atoms. The summed E-state index contributed by atoms with van der Waals surface area (Å²) in [5.41, 5.74) is 2.16. The number of hydrogen-bond acceptors (Lipinski definition) is 3. The highest BCUT2D eigenvalue weighted by Gasteiger charge is 2.25. The summed E-state index contributed by atoms with van der Waals surface area (Å²) in [6.45, 7) is 7.58. The van der Waals surface area contributed by atoms with Gasteiger partial charge in [-0.1, -0.05) is 6.92 Å². The Balaban J connectivity index is 0.00000243. The van der Waals surface area contributed by atoms with Gasteiger partial charge in [-0.05, 0) is 63.0 Å². The number of nitrogens with one attached hydrogen (secondary N) is 1. The van der Waals surface area contributed by atoms with Crippen LogP contribution in [0.25, 0.3) is 5.69 Å². The third kappa shape index (κ3) is 4.43. The van der Waals surface area contributed by atoms with Crippen molar-refractivity contribution in [1.82, 2.24) is 20.0 Å². The van der Waals surface area contributed by atoms with Crippen molar-refractivity contribution < 1.29 is 9.18 Å². The molecule has 142 valence electrons. The molecule has 0 radical (unpaired) electrons. The largest absolute Gasteiger partial charge is 0.339 e. The molecule has 1 aromatic heterocycles. The fourth-order valence-electron chi connectivity index (χ4n) is 3.32. The Bertz CT molecular complexity index is 724. The highest BCUT2D eigenvalue weighted by atomic mass is 35.5. The first-order chi connectivity index (χ1) is 12.1. The predicted molar refractivity (Wildman–Crippen MR) is 103 cm³/mol. The van der Waals surface area contributed by atoms with Gasteiger partial charge in [-0.25, -0.2) is 9.07 Å². The van der Waals surface area contributed by atoms with Gasteiger partial charge in [-0.3, -0.25) is 4.79 Å². The zero-order valence-electron chi connectivity index (χ0n) is 15.2. The van der Waals surface area contributed by atoms with E-state index in [4.69, 9.17) is 0 Å². The van der Waals surface area contributed by atoms with Crippen LogP contribution in [0.4, 0.5) is 4.39 Å². The molecule has 26 heavy (non-hydrogen) atoms. The standard InChI is InChI=1S/C19H25FN4O.ClH/c1-3-21-12-15-8-10-23(11-9-15)19(25)18-13-22-24(14(18)2)17-6-4-16(20)5-7-17;/h4-7,13,15,21H,3,8-12H2,1-2H3;1H. The van der Waals surface area contributed by atoms with E-state index in [0.717, 1.165) is 50.4 Å². The first kappa shape index (κ1) is 20.4. The average Bonchev–Trinajstić information content (AvgIpc) is 3.02. The molecule has 1 aromatic carbocycles. The molecule has 1 saturated heterocycles. The lowest BCUT2D eigenvalue weighted by molar-refractivity contribution is 0.0689. The van der Waals surface area contributed by atoms with E-state index >= 15 is 0 Å². The molecule has 1 amide bonds. The molecular weight excluding hydrogens is 355 g/mol. The lowest BCUT2D eigenvalue weighted by atomic mass is 9.96. The zero-order valence-corrected chi connectivity index (χ0v) is 16.1. The molecule has 0 atom stereocenters. The third-order valence-electron chi connectivity index (χ3n) is 4.90. The van der Waals surface area contributed by atoms with Gasteiger partial charge in [0.1, 0.15) is 5.82 Å². The Morgan fingerprint density at radius 1 is 1.27 bits per heavy atom. The maximum absolute atomic E-state index is 13.1. The Morgan fingerprint density at radius 2 is 1.92 bits per heavy atom. The van der Waals surface area contributed by atoms with E-state index in [1.165, 1.54) is 12.1 Å². The highest BCUT2D eigenvalue weighted by molar-refractivity contribution is 5.95. The molecule has 0 unspecified atom stereocenters. The minimum atomic E-state index is -0.287. The monoisotopic (exact) mass is 380 g/mol. The zero-order chi connectivity index (χ0) is 17.8. The van der Waals surface area contributed by atoms with Crippen LogP contribution in [0.2, 0.25) is 0 Å². The lowest BCUT2D eigenvalue weighted by Crippen LogP contribution is -2.40. The number of carbonyl (C=O) groups is 1. The molecule has 3 rings (SSSR count). The fourth-order valence-corrected chi connectivity index (χ4v) is 3.32. The van der Waals surface area contributed by atoms with Gasteiger partial charge in [-0.2, -0.15) is 5.10 Å². The number of likely N-dealkylation sites (tertiary alicyclic amines) is 1. The molecular formula is C19H26ClFN4O. The Kier molecular flexibility index (Phi) is 7.17. The van der Waals surface area contributed by atoms with Crippen molar-refractivity contribution in [3.05, 3.63) is 47.5 Å². The van der Waals surface area contributed by atoms with Crippen molar-refractivity contribution in [2.24, 2.45) is 5.92 Å². The first-order valence-electron chi connectivity index (χ1n) is 8.90. The van der Waals surface area contributed by atoms with Crippen LogP contribution in [0, 0.1) is 18.7 Å². The molecule has 2 aromatic rings. The van der Waals surface area contributed by atoms with Crippen LogP contribution in [-0.2, 0) is 0 Å². The van der Waals surface area contributed by atoms with Crippen molar-refractivity contribution in [3.63, 3.8) is 0 Å². The molecule has 0 saturated carbocycles. The van der Waals surface area contributed by atoms with Crippen LogP contribution < -0.4 is 5.32 Å². The SMILES string of the molecule is CCNCC1CCN(C(=O)c2cnn(-c3ccc(F)cc3)c2C)CC1.Cl. The van der Waals surface area contributed by atoms with E-state index in [-0.39, 0.29) is 24.1 Å². The van der Waals surface area contributed by atoms with Crippen molar-refractivity contribution in [2.45, 2.75) is 26.7 Å². The number of benzene rings is 1. The summed E-state index contributed by atoms with van der Waals surface area (Å²) < 4.78 is 14.8. The summed E-state index contributed by atoms with van der Waals surface area (Å²) in [7, 11) is 0. The quantitative estimate of drug-likeness (QED) is 0.866. The van der Waals surface area contributed by atoms with Crippen LogP contribution in [0.3, 0.4) is 0 Å². The normalized spacial score (nSPS) is 15.0. The van der Waals surface area contributed by atoms with E-state index in [1.54, 1.807) is 23.0 Å². The number of piperidine rings is 1. The van der Waals surface area contributed by atoms with Crippen LogP contribution in [-0.4, -0.2) is 46.8 Å². The summed E-state index contributed by atoms with van der Waals surface area (Å²) in [5.74, 6) is 0.394. The Hall–Kier alpha value is -1.92. The smallest absolute Gasteiger partial charge is 0.257 e. The van der Waals surface area contributed by atoms with E-state index in [1.807, 2.05) is 11.8 Å². The number of hydrogen-bond donors (Lipinski definition) is 1. The van der Waals surface area contributed by atoms with Crippen molar-refractivity contribution >= 4 is 18.3 Å². The maximum Gasteiger partial charge on any atom is 0.257 e. The van der Waals surface area contributed by atoms with Gasteiger partial charge in [0.15, 0.2) is 0 Å². The second-order valence-corrected chi connectivity index (χ2v) is 6.58. The molecule has 1 aliphatic rings. The van der Waals surface area contributed by atoms with Gasteiger partial charge >= 0.3 is 0 Å². The highest BCUT2D eigenvalue weighted by Crippen LogP contribution is 2.21. The van der Waals surface area contributed by atoms with Crippen LogP contribution in [0.15, 0.2) is 30.5 Å². The summed E-state index contributed by atoms with van der Waals surface area (Å²) in [6, 6.07) is 6.12. The lowest BCUT2D eigenvalue weighted by Gasteiger charge is -2.32. The molecule has 0 spiro atoms. The maximum atomic E-state index is 13.1. The molecule has 1 fully saturated rings. The van der Waals surface area contributed by atoms with E-state index < -0.39 is 0 Å². The number of nitrogens with zero attached hydrogens (tertiary/aromatic N) is 3. The van der Waals surface area contributed by atoms with Gasteiger partial charge in [0.25, 0.3) is 5.91 Å². The van der Waals surface area contributed by atoms with Gasteiger partial charge < -0.3 is 10.2 Å². The third-order valence-corrected chi connectivity index (χ3v) is 4.90. The number of rotatable bonds is 5. The molecule has 1 N–H and O–H groups in total. The van der Waals surface area contributed by atoms with Crippen molar-refractivity contribution in [2.75, 3.05) is 26.2 Å². The topological polar surface area (TPSA) is 50.2 Å². The second-order valence-electron chi connectivity index (χ2n) is 6.58. The van der Waals surface area contributed by atoms with E-state index in [0.29, 0.717) is 11.5 Å².